The summed E-state index contributed by atoms with van der Waals surface area (Å²) >= 11 is 0. The number of hydrogen-bond donors (Lipinski definition) is 2. The van der Waals surface area contributed by atoms with Crippen LogP contribution in [-0.4, -0.2) is 63.6 Å². The first-order chi connectivity index (χ1) is 24.5. The molecule has 4 amide bonds. The number of nitrogens with one attached hydrogen (secondary N) is 2. The highest BCUT2D eigenvalue weighted by Gasteiger charge is 2.37. The van der Waals surface area contributed by atoms with Gasteiger partial charge < -0.3 is 33.7 Å². The van der Waals surface area contributed by atoms with E-state index in [0.29, 0.717) is 60.5 Å². The molecule has 2 saturated heterocycles. The summed E-state index contributed by atoms with van der Waals surface area (Å²) in [5, 5.41) is 5.87. The summed E-state index contributed by atoms with van der Waals surface area (Å²) in [6.45, 7) is 8.38. The van der Waals surface area contributed by atoms with E-state index in [1.54, 1.807) is 64.5 Å². The number of aromatic nitrogens is 1. The standard InChI is InChI=1S/C39H39N5O7/c1-22-19-32(49-24(22)3)38(47)43-17-5-7-30(43)35(45)41-28-13-9-26(10-14-28)34-21-40-37(51-34)27-11-15-29(16-12-27)42-36(46)31-8-6-18-44(31)39(48)33-20-23(2)25(4)50-33/h9-16,19-21,30-31H,5-8,17-18H2,1-4H3,(H,41,45)(H,42,46). The Balaban J connectivity index is 0.950. The zero-order valence-corrected chi connectivity index (χ0v) is 28.9. The number of oxazole rings is 1. The van der Waals surface area contributed by atoms with E-state index in [1.807, 2.05) is 39.8 Å². The van der Waals surface area contributed by atoms with Gasteiger partial charge in [-0.1, -0.05) is 0 Å². The number of carbonyl (C=O) groups is 4. The van der Waals surface area contributed by atoms with Crippen LogP contribution in [0.1, 0.15) is 69.4 Å². The highest BCUT2D eigenvalue weighted by Crippen LogP contribution is 2.30. The van der Waals surface area contributed by atoms with Crippen molar-refractivity contribution in [1.29, 1.82) is 0 Å². The topological polar surface area (TPSA) is 151 Å². The molecule has 2 aromatic carbocycles. The second kappa shape index (κ2) is 13.8. The van der Waals surface area contributed by atoms with Crippen LogP contribution in [0.3, 0.4) is 0 Å². The maximum atomic E-state index is 13.2. The minimum Gasteiger partial charge on any atom is -0.456 e. The predicted molar refractivity (Wildman–Crippen MR) is 189 cm³/mol. The number of carbonyl (C=O) groups excluding carboxylic acids is 4. The number of likely N-dealkylation sites (tertiary alicyclic amines) is 2. The van der Waals surface area contributed by atoms with E-state index in [2.05, 4.69) is 15.6 Å². The molecule has 5 heterocycles. The third kappa shape index (κ3) is 6.81. The van der Waals surface area contributed by atoms with Crippen molar-refractivity contribution in [2.24, 2.45) is 0 Å². The Hall–Kier alpha value is -5.91. The number of aryl methyl sites for hydroxylation is 4. The summed E-state index contributed by atoms with van der Waals surface area (Å²) < 4.78 is 17.3. The molecule has 0 bridgehead atoms. The summed E-state index contributed by atoms with van der Waals surface area (Å²) in [5.74, 6) is 1.78. The molecule has 0 radical (unpaired) electrons. The number of furan rings is 2. The summed E-state index contributed by atoms with van der Waals surface area (Å²) in [7, 11) is 0. The predicted octanol–water partition coefficient (Wildman–Crippen LogP) is 6.91. The van der Waals surface area contributed by atoms with Crippen LogP contribution in [0.2, 0.25) is 0 Å². The molecule has 0 spiro atoms. The third-order valence-corrected chi connectivity index (χ3v) is 9.73. The average molecular weight is 690 g/mol. The molecule has 12 heteroatoms. The smallest absolute Gasteiger partial charge is 0.290 e. The second-order valence-electron chi connectivity index (χ2n) is 13.2. The average Bonchev–Trinajstić information content (AvgIpc) is 3.97. The molecule has 0 saturated carbocycles. The Morgan fingerprint density at radius 2 is 1.10 bits per heavy atom. The fraction of sp³-hybridized carbons (Fsp3) is 0.308. The highest BCUT2D eigenvalue weighted by atomic mass is 16.4. The fourth-order valence-corrected chi connectivity index (χ4v) is 6.61. The molecule has 2 atom stereocenters. The van der Waals surface area contributed by atoms with Gasteiger partial charge in [-0.15, -0.1) is 0 Å². The van der Waals surface area contributed by atoms with Crippen LogP contribution in [0.4, 0.5) is 11.4 Å². The quantitative estimate of drug-likeness (QED) is 0.178. The normalized spacial score (nSPS) is 17.2. The van der Waals surface area contributed by atoms with Gasteiger partial charge in [0.05, 0.1) is 6.20 Å². The van der Waals surface area contributed by atoms with Crippen molar-refractivity contribution in [2.75, 3.05) is 23.7 Å². The summed E-state index contributed by atoms with van der Waals surface area (Å²) in [5.41, 5.74) is 4.48. The van der Waals surface area contributed by atoms with E-state index in [-0.39, 0.29) is 35.1 Å². The number of hydrogen-bond acceptors (Lipinski definition) is 8. The van der Waals surface area contributed by atoms with Gasteiger partial charge in [0.25, 0.3) is 11.8 Å². The van der Waals surface area contributed by atoms with Crippen LogP contribution in [0, 0.1) is 27.7 Å². The molecule has 51 heavy (non-hydrogen) atoms. The van der Waals surface area contributed by atoms with Crippen LogP contribution in [0.15, 0.2) is 80.1 Å². The second-order valence-corrected chi connectivity index (χ2v) is 13.2. The lowest BCUT2D eigenvalue weighted by Gasteiger charge is -2.23. The van der Waals surface area contributed by atoms with Gasteiger partial charge in [-0.25, -0.2) is 4.98 Å². The molecular formula is C39H39N5O7. The molecule has 262 valence electrons. The molecule has 3 aromatic heterocycles. The monoisotopic (exact) mass is 689 g/mol. The lowest BCUT2D eigenvalue weighted by atomic mass is 10.1. The number of rotatable bonds is 8. The zero-order chi connectivity index (χ0) is 35.8. The first kappa shape index (κ1) is 33.6. The first-order valence-corrected chi connectivity index (χ1v) is 17.1. The van der Waals surface area contributed by atoms with Crippen molar-refractivity contribution >= 4 is 35.0 Å². The SMILES string of the molecule is Cc1cc(C(=O)N2CCCC2C(=O)Nc2ccc(-c3cnc(-c4ccc(NC(=O)C5CCCN5C(=O)c5cc(C)c(C)o5)cc4)o3)cc2)oc1C. The van der Waals surface area contributed by atoms with Crippen molar-refractivity contribution in [2.45, 2.75) is 65.5 Å². The molecule has 2 aliphatic rings. The van der Waals surface area contributed by atoms with E-state index in [4.69, 9.17) is 13.3 Å². The molecular weight excluding hydrogens is 650 g/mol. The molecule has 7 rings (SSSR count). The summed E-state index contributed by atoms with van der Waals surface area (Å²) in [6.07, 6.45) is 4.26. The van der Waals surface area contributed by atoms with Gasteiger partial charge in [-0.2, -0.15) is 0 Å². The largest absolute Gasteiger partial charge is 0.456 e. The Morgan fingerprint density at radius 3 is 1.53 bits per heavy atom. The third-order valence-electron chi connectivity index (χ3n) is 9.73. The molecule has 2 aliphatic heterocycles. The van der Waals surface area contributed by atoms with Crippen LogP contribution >= 0.6 is 0 Å². The van der Waals surface area contributed by atoms with Crippen molar-refractivity contribution in [3.63, 3.8) is 0 Å². The Morgan fingerprint density at radius 1 is 0.647 bits per heavy atom. The molecule has 0 aliphatic carbocycles. The van der Waals surface area contributed by atoms with Gasteiger partial charge in [-0.05, 0) is 125 Å². The highest BCUT2D eigenvalue weighted by molar-refractivity contribution is 6.01. The number of amides is 4. The van der Waals surface area contributed by atoms with Crippen LogP contribution in [0.5, 0.6) is 0 Å². The van der Waals surface area contributed by atoms with E-state index in [9.17, 15) is 19.2 Å². The lowest BCUT2D eigenvalue weighted by molar-refractivity contribution is -0.120. The molecule has 2 fully saturated rings. The molecule has 2 unspecified atom stereocenters. The maximum Gasteiger partial charge on any atom is 0.290 e. The van der Waals surface area contributed by atoms with Crippen molar-refractivity contribution in [1.82, 2.24) is 14.8 Å². The van der Waals surface area contributed by atoms with Crippen LogP contribution in [0.25, 0.3) is 22.8 Å². The van der Waals surface area contributed by atoms with Crippen molar-refractivity contribution in [3.8, 4) is 22.8 Å². The number of anilines is 2. The van der Waals surface area contributed by atoms with Gasteiger partial charge >= 0.3 is 0 Å². The van der Waals surface area contributed by atoms with E-state index >= 15 is 0 Å². The van der Waals surface area contributed by atoms with Gasteiger partial charge in [0.1, 0.15) is 23.6 Å². The fourth-order valence-electron chi connectivity index (χ4n) is 6.61. The van der Waals surface area contributed by atoms with Crippen molar-refractivity contribution < 1.29 is 32.4 Å². The zero-order valence-electron chi connectivity index (χ0n) is 28.9. The number of nitrogens with zero attached hydrogens (tertiary/aromatic N) is 3. The summed E-state index contributed by atoms with van der Waals surface area (Å²) in [4.78, 5) is 60.1. The molecule has 12 nitrogen and oxygen atoms in total. The summed E-state index contributed by atoms with van der Waals surface area (Å²) in [6, 6.07) is 16.6. The number of benzene rings is 2. The van der Waals surface area contributed by atoms with Crippen molar-refractivity contribution in [3.05, 3.63) is 101 Å². The minimum atomic E-state index is -0.584. The molecule has 5 aromatic rings. The lowest BCUT2D eigenvalue weighted by Crippen LogP contribution is -2.43. The van der Waals surface area contributed by atoms with Gasteiger partial charge in [-0.3, -0.25) is 19.2 Å². The van der Waals surface area contributed by atoms with Crippen LogP contribution < -0.4 is 10.6 Å². The maximum absolute atomic E-state index is 13.2. The molecule has 2 N–H and O–H groups in total. The van der Waals surface area contributed by atoms with Gasteiger partial charge in [0, 0.05) is 35.6 Å². The Kier molecular flexibility index (Phi) is 9.07. The van der Waals surface area contributed by atoms with Crippen LogP contribution in [-0.2, 0) is 9.59 Å². The minimum absolute atomic E-state index is 0.247. The van der Waals surface area contributed by atoms with Gasteiger partial charge in [0.2, 0.25) is 17.7 Å². The Labute approximate surface area is 294 Å². The Bertz CT molecular complexity index is 1920. The van der Waals surface area contributed by atoms with E-state index in [0.717, 1.165) is 35.1 Å². The van der Waals surface area contributed by atoms with Gasteiger partial charge in [0.15, 0.2) is 17.3 Å². The van der Waals surface area contributed by atoms with E-state index in [1.165, 1.54) is 0 Å². The first-order valence-electron chi connectivity index (χ1n) is 17.1. The van der Waals surface area contributed by atoms with E-state index < -0.39 is 12.1 Å².